The van der Waals surface area contributed by atoms with E-state index in [1.807, 2.05) is 6.92 Å². The second-order valence-electron chi connectivity index (χ2n) is 4.23. The second kappa shape index (κ2) is 5.27. The minimum atomic E-state index is -3.09. The van der Waals surface area contributed by atoms with Gasteiger partial charge in [-0.05, 0) is 52.4 Å². The van der Waals surface area contributed by atoms with Crippen LogP contribution in [0.5, 0.6) is 0 Å². The summed E-state index contributed by atoms with van der Waals surface area (Å²) in [5.74, 6) is 0.310. The van der Waals surface area contributed by atoms with Gasteiger partial charge < -0.3 is 4.90 Å². The van der Waals surface area contributed by atoms with Crippen LogP contribution in [-0.2, 0) is 10.0 Å². The van der Waals surface area contributed by atoms with E-state index in [1.54, 1.807) is 0 Å². The molecular weight excluding hydrogens is 212 g/mol. The highest BCUT2D eigenvalue weighted by Crippen LogP contribution is 2.24. The zero-order valence-corrected chi connectivity index (χ0v) is 10.7. The fourth-order valence-electron chi connectivity index (χ4n) is 2.18. The highest BCUT2D eigenvalue weighted by atomic mass is 32.2. The number of nitrogens with zero attached hydrogens (tertiary/aromatic N) is 1. The lowest BCUT2D eigenvalue weighted by Crippen LogP contribution is -2.42. The van der Waals surface area contributed by atoms with Gasteiger partial charge in [-0.1, -0.05) is 6.92 Å². The predicted octanol–water partition coefficient (Wildman–Crippen LogP) is 0.656. The van der Waals surface area contributed by atoms with Crippen LogP contribution in [-0.4, -0.2) is 45.2 Å². The van der Waals surface area contributed by atoms with Gasteiger partial charge in [0.1, 0.15) is 0 Å². The van der Waals surface area contributed by atoms with Crippen LogP contribution in [0.2, 0.25) is 0 Å². The van der Waals surface area contributed by atoms with Crippen molar-refractivity contribution in [2.75, 3.05) is 26.7 Å². The van der Waals surface area contributed by atoms with Gasteiger partial charge in [0.15, 0.2) is 0 Å². The van der Waals surface area contributed by atoms with Gasteiger partial charge in [0, 0.05) is 0 Å². The highest BCUT2D eigenvalue weighted by Gasteiger charge is 2.30. The molecule has 1 atom stereocenters. The number of rotatable bonds is 4. The summed E-state index contributed by atoms with van der Waals surface area (Å²) < 4.78 is 25.7. The van der Waals surface area contributed by atoms with E-state index in [2.05, 4.69) is 16.5 Å². The van der Waals surface area contributed by atoms with Crippen molar-refractivity contribution < 1.29 is 8.42 Å². The molecule has 0 aromatic rings. The summed E-state index contributed by atoms with van der Waals surface area (Å²) in [6, 6.07) is 0. The molecule has 1 aliphatic heterocycles. The molecule has 0 bridgehead atoms. The van der Waals surface area contributed by atoms with E-state index in [-0.39, 0.29) is 5.25 Å². The topological polar surface area (TPSA) is 49.4 Å². The first-order valence-electron chi connectivity index (χ1n) is 5.66. The third kappa shape index (κ3) is 3.16. The van der Waals surface area contributed by atoms with E-state index in [1.165, 1.54) is 7.05 Å². The zero-order valence-electron chi connectivity index (χ0n) is 9.86. The normalized spacial score (nSPS) is 22.9. The van der Waals surface area contributed by atoms with Crippen molar-refractivity contribution in [3.63, 3.8) is 0 Å². The molecular formula is C10H22N2O2S. The van der Waals surface area contributed by atoms with Crippen molar-refractivity contribution in [3.05, 3.63) is 0 Å². The molecule has 0 spiro atoms. The molecule has 1 aliphatic rings. The van der Waals surface area contributed by atoms with Crippen molar-refractivity contribution in [2.24, 2.45) is 5.92 Å². The van der Waals surface area contributed by atoms with Crippen LogP contribution >= 0.6 is 0 Å². The molecule has 1 heterocycles. The zero-order chi connectivity index (χ0) is 11.5. The summed E-state index contributed by atoms with van der Waals surface area (Å²) >= 11 is 0. The molecule has 1 unspecified atom stereocenters. The van der Waals surface area contributed by atoms with E-state index in [4.69, 9.17) is 0 Å². The molecule has 0 saturated carbocycles. The number of hydrogen-bond donors (Lipinski definition) is 1. The molecule has 0 aliphatic carbocycles. The highest BCUT2D eigenvalue weighted by molar-refractivity contribution is 7.90. The summed E-state index contributed by atoms with van der Waals surface area (Å²) in [7, 11) is -1.60. The molecule has 90 valence electrons. The predicted molar refractivity (Wildman–Crippen MR) is 62.3 cm³/mol. The summed E-state index contributed by atoms with van der Waals surface area (Å²) in [5, 5.41) is -0.262. The third-order valence-electron chi connectivity index (χ3n) is 3.52. The van der Waals surface area contributed by atoms with Gasteiger partial charge >= 0.3 is 0 Å². The van der Waals surface area contributed by atoms with E-state index < -0.39 is 10.0 Å². The molecule has 1 fully saturated rings. The smallest absolute Gasteiger partial charge is 0.214 e. The van der Waals surface area contributed by atoms with E-state index in [0.29, 0.717) is 5.92 Å². The first-order chi connectivity index (χ1) is 7.01. The van der Waals surface area contributed by atoms with Crippen LogP contribution in [0.4, 0.5) is 0 Å². The number of likely N-dealkylation sites (tertiary alicyclic amines) is 1. The van der Waals surface area contributed by atoms with Crippen molar-refractivity contribution in [1.29, 1.82) is 0 Å². The van der Waals surface area contributed by atoms with E-state index in [0.717, 1.165) is 32.5 Å². The summed E-state index contributed by atoms with van der Waals surface area (Å²) in [5.41, 5.74) is 0. The van der Waals surface area contributed by atoms with Gasteiger partial charge in [0.05, 0.1) is 5.25 Å². The van der Waals surface area contributed by atoms with Crippen LogP contribution < -0.4 is 4.72 Å². The van der Waals surface area contributed by atoms with Gasteiger partial charge in [-0.2, -0.15) is 0 Å². The number of piperidine rings is 1. The largest absolute Gasteiger partial charge is 0.304 e. The Hall–Kier alpha value is -0.130. The first kappa shape index (κ1) is 12.9. The molecule has 0 amide bonds. The molecule has 0 aromatic heterocycles. The molecule has 1 N–H and O–H groups in total. The minimum Gasteiger partial charge on any atom is -0.304 e. The Kier molecular flexibility index (Phi) is 4.55. The van der Waals surface area contributed by atoms with Crippen molar-refractivity contribution >= 4 is 10.0 Å². The lowest BCUT2D eigenvalue weighted by Gasteiger charge is -2.33. The summed E-state index contributed by atoms with van der Waals surface area (Å²) in [6.45, 7) is 7.10. The van der Waals surface area contributed by atoms with Crippen LogP contribution in [0.25, 0.3) is 0 Å². The Balaban J connectivity index is 2.53. The fourth-order valence-corrected chi connectivity index (χ4v) is 3.33. The molecule has 5 heteroatoms. The van der Waals surface area contributed by atoms with Crippen molar-refractivity contribution in [1.82, 2.24) is 9.62 Å². The van der Waals surface area contributed by atoms with Crippen LogP contribution in [0.1, 0.15) is 26.7 Å². The molecule has 1 rings (SSSR count). The van der Waals surface area contributed by atoms with Gasteiger partial charge in [0.25, 0.3) is 0 Å². The average Bonchev–Trinajstić information content (AvgIpc) is 2.28. The van der Waals surface area contributed by atoms with Gasteiger partial charge in [0.2, 0.25) is 10.0 Å². The van der Waals surface area contributed by atoms with E-state index in [9.17, 15) is 8.42 Å². The maximum atomic E-state index is 11.6. The number of sulfonamides is 1. The van der Waals surface area contributed by atoms with Crippen LogP contribution in [0.15, 0.2) is 0 Å². The van der Waals surface area contributed by atoms with E-state index >= 15 is 0 Å². The Bertz CT molecular complexity index is 282. The standard InChI is InChI=1S/C10H22N2O2S/c1-4-12-7-5-10(6-8-12)9(2)15(13,14)11-3/h9-11H,4-8H2,1-3H3. The molecule has 0 radical (unpaired) electrons. The van der Waals surface area contributed by atoms with Crippen molar-refractivity contribution in [2.45, 2.75) is 31.9 Å². The number of nitrogens with one attached hydrogen (secondary N) is 1. The van der Waals surface area contributed by atoms with Gasteiger partial charge in [-0.15, -0.1) is 0 Å². The monoisotopic (exact) mass is 234 g/mol. The Labute approximate surface area is 93.1 Å². The Morgan fingerprint density at radius 2 is 1.93 bits per heavy atom. The lowest BCUT2D eigenvalue weighted by atomic mass is 9.94. The quantitative estimate of drug-likeness (QED) is 0.777. The SMILES string of the molecule is CCN1CCC(C(C)S(=O)(=O)NC)CC1. The number of hydrogen-bond acceptors (Lipinski definition) is 3. The van der Waals surface area contributed by atoms with Crippen LogP contribution in [0, 0.1) is 5.92 Å². The maximum Gasteiger partial charge on any atom is 0.214 e. The second-order valence-corrected chi connectivity index (χ2v) is 6.47. The summed E-state index contributed by atoms with van der Waals surface area (Å²) in [6.07, 6.45) is 1.99. The van der Waals surface area contributed by atoms with Gasteiger partial charge in [-0.3, -0.25) is 0 Å². The lowest BCUT2D eigenvalue weighted by molar-refractivity contribution is 0.190. The first-order valence-corrected chi connectivity index (χ1v) is 7.20. The maximum absolute atomic E-state index is 11.6. The molecule has 15 heavy (non-hydrogen) atoms. The minimum absolute atomic E-state index is 0.262. The Morgan fingerprint density at radius 3 is 2.33 bits per heavy atom. The molecule has 1 saturated heterocycles. The Morgan fingerprint density at radius 1 is 1.40 bits per heavy atom. The average molecular weight is 234 g/mol. The van der Waals surface area contributed by atoms with Gasteiger partial charge in [-0.25, -0.2) is 13.1 Å². The fraction of sp³-hybridized carbons (Fsp3) is 1.00. The molecule has 4 nitrogen and oxygen atoms in total. The molecule has 0 aromatic carbocycles. The van der Waals surface area contributed by atoms with Crippen molar-refractivity contribution in [3.8, 4) is 0 Å². The summed E-state index contributed by atoms with van der Waals surface area (Å²) in [4.78, 5) is 2.37. The third-order valence-corrected chi connectivity index (χ3v) is 5.45. The van der Waals surface area contributed by atoms with Crippen LogP contribution in [0.3, 0.4) is 0 Å².